The Kier molecular flexibility index (Phi) is 4.40. The van der Waals surface area contributed by atoms with Gasteiger partial charge in [-0.05, 0) is 18.6 Å². The highest BCUT2D eigenvalue weighted by atomic mass is 19.1. The first-order valence-electron chi connectivity index (χ1n) is 5.32. The molecular weight excluding hydrogens is 221 g/mol. The molecule has 1 aromatic rings. The molecule has 0 bridgehead atoms. The van der Waals surface area contributed by atoms with Gasteiger partial charge >= 0.3 is 5.97 Å². The summed E-state index contributed by atoms with van der Waals surface area (Å²) in [5, 5.41) is 12.0. The van der Waals surface area contributed by atoms with Crippen molar-refractivity contribution in [2.75, 3.05) is 6.54 Å². The van der Waals surface area contributed by atoms with Crippen LogP contribution >= 0.6 is 0 Å². The maximum absolute atomic E-state index is 13.5. The lowest BCUT2D eigenvalue weighted by molar-refractivity contribution is -0.144. The zero-order valence-electron chi connectivity index (χ0n) is 9.74. The normalized spacial score (nSPS) is 14.0. The maximum Gasteiger partial charge on any atom is 0.323 e. The fourth-order valence-electron chi connectivity index (χ4n) is 1.53. The maximum atomic E-state index is 13.5. The highest BCUT2D eigenvalue weighted by Gasteiger charge is 2.33. The molecule has 0 spiro atoms. The van der Waals surface area contributed by atoms with E-state index in [1.807, 2.05) is 0 Å². The Morgan fingerprint density at radius 1 is 1.59 bits per heavy atom. The van der Waals surface area contributed by atoms with Crippen molar-refractivity contribution >= 4 is 5.97 Å². The van der Waals surface area contributed by atoms with Gasteiger partial charge in [0, 0.05) is 13.0 Å². The summed E-state index contributed by atoms with van der Waals surface area (Å²) < 4.78 is 13.5. The molecule has 1 atom stereocenters. The molecule has 1 unspecified atom stereocenters. The van der Waals surface area contributed by atoms with Crippen molar-refractivity contribution in [2.24, 2.45) is 0 Å². The number of carboxylic acid groups (broad SMARTS) is 1. The van der Waals surface area contributed by atoms with E-state index in [0.717, 1.165) is 0 Å². The Bertz CT molecular complexity index is 420. The summed E-state index contributed by atoms with van der Waals surface area (Å²) in [6, 6.07) is 6.18. The molecule has 92 valence electrons. The largest absolute Gasteiger partial charge is 0.480 e. The van der Waals surface area contributed by atoms with E-state index in [4.69, 9.17) is 0 Å². The number of hydrogen-bond donors (Lipinski definition) is 2. The van der Waals surface area contributed by atoms with Crippen molar-refractivity contribution < 1.29 is 14.3 Å². The van der Waals surface area contributed by atoms with E-state index in [1.54, 1.807) is 24.3 Å². The Morgan fingerprint density at radius 3 is 2.76 bits per heavy atom. The Hall–Kier alpha value is -1.68. The predicted molar refractivity (Wildman–Crippen MR) is 64.3 cm³/mol. The van der Waals surface area contributed by atoms with Crippen LogP contribution in [0, 0.1) is 5.82 Å². The first-order chi connectivity index (χ1) is 7.99. The molecule has 0 saturated heterocycles. The molecule has 0 heterocycles. The predicted octanol–water partition coefficient (Wildman–Crippen LogP) is 1.99. The van der Waals surface area contributed by atoms with E-state index in [-0.39, 0.29) is 12.2 Å². The van der Waals surface area contributed by atoms with E-state index >= 15 is 0 Å². The standard InChI is InChI=1S/C13H16FNO2/c1-3-8-15-13(2,12(16)17)9-10-6-4-5-7-11(10)14/h3-7,15H,1,8-9H2,2H3,(H,16,17). The molecule has 1 rings (SSSR count). The average Bonchev–Trinajstić information content (AvgIpc) is 2.29. The van der Waals surface area contributed by atoms with Crippen molar-refractivity contribution in [2.45, 2.75) is 18.9 Å². The zero-order valence-corrected chi connectivity index (χ0v) is 9.74. The summed E-state index contributed by atoms with van der Waals surface area (Å²) in [5.74, 6) is -1.40. The van der Waals surface area contributed by atoms with E-state index in [2.05, 4.69) is 11.9 Å². The second-order valence-electron chi connectivity index (χ2n) is 4.08. The van der Waals surface area contributed by atoms with Crippen LogP contribution in [0.15, 0.2) is 36.9 Å². The van der Waals surface area contributed by atoms with Crippen LogP contribution in [0.4, 0.5) is 4.39 Å². The Balaban J connectivity index is 2.90. The first-order valence-corrected chi connectivity index (χ1v) is 5.32. The second-order valence-corrected chi connectivity index (χ2v) is 4.08. The summed E-state index contributed by atoms with van der Waals surface area (Å²) >= 11 is 0. The van der Waals surface area contributed by atoms with Crippen molar-refractivity contribution in [3.63, 3.8) is 0 Å². The number of carboxylic acids is 1. The van der Waals surface area contributed by atoms with Gasteiger partial charge < -0.3 is 5.11 Å². The van der Waals surface area contributed by atoms with Crippen LogP contribution in [-0.4, -0.2) is 23.2 Å². The van der Waals surface area contributed by atoms with Crippen LogP contribution in [0.2, 0.25) is 0 Å². The fourth-order valence-corrected chi connectivity index (χ4v) is 1.53. The topological polar surface area (TPSA) is 49.3 Å². The van der Waals surface area contributed by atoms with Crippen molar-refractivity contribution in [3.8, 4) is 0 Å². The lowest BCUT2D eigenvalue weighted by Crippen LogP contribution is -2.51. The minimum absolute atomic E-state index is 0.0862. The van der Waals surface area contributed by atoms with Crippen LogP contribution in [-0.2, 0) is 11.2 Å². The number of benzene rings is 1. The monoisotopic (exact) mass is 237 g/mol. The highest BCUT2D eigenvalue weighted by molar-refractivity contribution is 5.78. The van der Waals surface area contributed by atoms with Gasteiger partial charge in [0.1, 0.15) is 11.4 Å². The Morgan fingerprint density at radius 2 is 2.24 bits per heavy atom. The third-order valence-corrected chi connectivity index (χ3v) is 2.61. The van der Waals surface area contributed by atoms with Gasteiger partial charge in [0.15, 0.2) is 0 Å². The molecule has 0 aliphatic carbocycles. The van der Waals surface area contributed by atoms with E-state index in [0.29, 0.717) is 12.1 Å². The summed E-state index contributed by atoms with van der Waals surface area (Å²) in [4.78, 5) is 11.2. The van der Waals surface area contributed by atoms with Crippen LogP contribution in [0.1, 0.15) is 12.5 Å². The van der Waals surface area contributed by atoms with Gasteiger partial charge in [0.2, 0.25) is 0 Å². The van der Waals surface area contributed by atoms with Crippen LogP contribution in [0.25, 0.3) is 0 Å². The van der Waals surface area contributed by atoms with Gasteiger partial charge in [-0.25, -0.2) is 4.39 Å². The van der Waals surface area contributed by atoms with Gasteiger partial charge in [-0.3, -0.25) is 10.1 Å². The molecule has 0 aliphatic heterocycles. The molecular formula is C13H16FNO2. The van der Waals surface area contributed by atoms with E-state index in [9.17, 15) is 14.3 Å². The third kappa shape index (κ3) is 3.39. The van der Waals surface area contributed by atoms with Crippen molar-refractivity contribution in [1.29, 1.82) is 0 Å². The smallest absolute Gasteiger partial charge is 0.323 e. The van der Waals surface area contributed by atoms with Crippen molar-refractivity contribution in [3.05, 3.63) is 48.3 Å². The minimum Gasteiger partial charge on any atom is -0.480 e. The van der Waals surface area contributed by atoms with Crippen LogP contribution in [0.3, 0.4) is 0 Å². The molecule has 0 saturated carbocycles. The lowest BCUT2D eigenvalue weighted by Gasteiger charge is -2.26. The SMILES string of the molecule is C=CCNC(C)(Cc1ccccc1F)C(=O)O. The summed E-state index contributed by atoms with van der Waals surface area (Å²) in [6.45, 7) is 5.41. The average molecular weight is 237 g/mol. The van der Waals surface area contributed by atoms with Crippen LogP contribution < -0.4 is 5.32 Å². The molecule has 1 aromatic carbocycles. The molecule has 3 nitrogen and oxygen atoms in total. The number of rotatable bonds is 6. The molecule has 2 N–H and O–H groups in total. The molecule has 0 radical (unpaired) electrons. The number of aliphatic carboxylic acids is 1. The number of nitrogens with one attached hydrogen (secondary N) is 1. The van der Waals surface area contributed by atoms with Gasteiger partial charge in [-0.2, -0.15) is 0 Å². The van der Waals surface area contributed by atoms with E-state index in [1.165, 1.54) is 13.0 Å². The summed E-state index contributed by atoms with van der Waals surface area (Å²) in [7, 11) is 0. The summed E-state index contributed by atoms with van der Waals surface area (Å²) in [5.41, 5.74) is -0.815. The van der Waals surface area contributed by atoms with Gasteiger partial charge in [-0.1, -0.05) is 24.3 Å². The second kappa shape index (κ2) is 5.59. The number of hydrogen-bond acceptors (Lipinski definition) is 2. The minimum atomic E-state index is -1.20. The zero-order chi connectivity index (χ0) is 12.9. The van der Waals surface area contributed by atoms with Crippen molar-refractivity contribution in [1.82, 2.24) is 5.32 Å². The molecule has 0 fully saturated rings. The summed E-state index contributed by atoms with van der Waals surface area (Å²) in [6.07, 6.45) is 1.66. The molecule has 0 amide bonds. The third-order valence-electron chi connectivity index (χ3n) is 2.61. The highest BCUT2D eigenvalue weighted by Crippen LogP contribution is 2.16. The number of halogens is 1. The lowest BCUT2D eigenvalue weighted by atomic mass is 9.92. The van der Waals surface area contributed by atoms with E-state index < -0.39 is 11.5 Å². The van der Waals surface area contributed by atoms with Gasteiger partial charge in [0.05, 0.1) is 0 Å². The Labute approximate surface area is 100.0 Å². The molecule has 4 heteroatoms. The van der Waals surface area contributed by atoms with Gasteiger partial charge in [-0.15, -0.1) is 6.58 Å². The quantitative estimate of drug-likeness (QED) is 0.744. The molecule has 0 aromatic heterocycles. The molecule has 17 heavy (non-hydrogen) atoms. The van der Waals surface area contributed by atoms with Crippen LogP contribution in [0.5, 0.6) is 0 Å². The fraction of sp³-hybridized carbons (Fsp3) is 0.308. The first kappa shape index (κ1) is 13.4. The van der Waals surface area contributed by atoms with Gasteiger partial charge in [0.25, 0.3) is 0 Å². The molecule has 0 aliphatic rings. The number of carbonyl (C=O) groups is 1.